The van der Waals surface area contributed by atoms with Gasteiger partial charge in [0.15, 0.2) is 0 Å². The summed E-state index contributed by atoms with van der Waals surface area (Å²) in [5.74, 6) is 0.798. The van der Waals surface area contributed by atoms with E-state index in [4.69, 9.17) is 21.3 Å². The predicted octanol–water partition coefficient (Wildman–Crippen LogP) is 5.23. The number of thiazole rings is 1. The van der Waals surface area contributed by atoms with Crippen LogP contribution in [-0.2, 0) is 0 Å². The molecule has 31 heavy (non-hydrogen) atoms. The van der Waals surface area contributed by atoms with E-state index in [1.807, 2.05) is 42.5 Å². The Morgan fingerprint density at radius 3 is 2.55 bits per heavy atom. The lowest BCUT2D eigenvalue weighted by Crippen LogP contribution is -2.26. The van der Waals surface area contributed by atoms with Crippen molar-refractivity contribution in [2.45, 2.75) is 6.10 Å². The zero-order chi connectivity index (χ0) is 21.5. The van der Waals surface area contributed by atoms with E-state index in [1.54, 1.807) is 29.7 Å². The van der Waals surface area contributed by atoms with E-state index in [0.29, 0.717) is 24.8 Å². The van der Waals surface area contributed by atoms with Gasteiger partial charge in [-0.15, -0.1) is 11.3 Å². The first-order chi connectivity index (χ1) is 15.2. The fourth-order valence-corrected chi connectivity index (χ4v) is 3.97. The number of hydrogen-bond acceptors (Lipinski definition) is 6. The molecule has 2 aromatic carbocycles. The van der Waals surface area contributed by atoms with E-state index in [-0.39, 0.29) is 0 Å². The van der Waals surface area contributed by atoms with Gasteiger partial charge in [-0.25, -0.2) is 9.97 Å². The molecule has 0 amide bonds. The van der Waals surface area contributed by atoms with E-state index in [0.717, 1.165) is 33.1 Å². The maximum Gasteiger partial charge on any atom is 0.129 e. The minimum absolute atomic E-state index is 0.412. The lowest BCUT2D eigenvalue weighted by molar-refractivity contribution is 0.171. The highest BCUT2D eigenvalue weighted by atomic mass is 35.5. The van der Waals surface area contributed by atoms with Crippen LogP contribution in [0.5, 0.6) is 5.75 Å². The summed E-state index contributed by atoms with van der Waals surface area (Å²) in [6, 6.07) is 21.6. The van der Waals surface area contributed by atoms with Crippen molar-refractivity contribution in [3.63, 3.8) is 0 Å². The van der Waals surface area contributed by atoms with Crippen LogP contribution in [-0.4, -0.2) is 34.8 Å². The van der Waals surface area contributed by atoms with E-state index < -0.39 is 6.10 Å². The fraction of sp³-hybridized carbons (Fsp3) is 0.167. The number of halogens is 1. The summed E-state index contributed by atoms with van der Waals surface area (Å²) >= 11 is 7.40. The van der Waals surface area contributed by atoms with Gasteiger partial charge in [-0.05, 0) is 30.3 Å². The molecule has 158 valence electrons. The van der Waals surface area contributed by atoms with Crippen molar-refractivity contribution in [3.8, 4) is 27.6 Å². The Kier molecular flexibility index (Phi) is 7.27. The van der Waals surface area contributed by atoms with Gasteiger partial charge in [0.1, 0.15) is 22.5 Å². The van der Waals surface area contributed by atoms with E-state index in [1.165, 1.54) is 0 Å². The second kappa shape index (κ2) is 10.5. The molecule has 4 rings (SSSR count). The van der Waals surface area contributed by atoms with Crippen molar-refractivity contribution in [2.75, 3.05) is 19.7 Å². The molecule has 2 N–H and O–H groups in total. The zero-order valence-corrected chi connectivity index (χ0v) is 18.3. The summed E-state index contributed by atoms with van der Waals surface area (Å²) < 4.78 is 5.78. The lowest BCUT2D eigenvalue weighted by Gasteiger charge is -2.12. The number of hydrogen-bond donors (Lipinski definition) is 2. The molecular formula is C24H22ClN3O2S. The van der Waals surface area contributed by atoms with Crippen LogP contribution < -0.4 is 10.1 Å². The molecule has 0 bridgehead atoms. The Balaban J connectivity index is 1.23. The Hall–Kier alpha value is -2.77. The molecule has 0 aliphatic heterocycles. The van der Waals surface area contributed by atoms with Crippen molar-refractivity contribution >= 4 is 22.9 Å². The molecule has 0 aliphatic rings. The van der Waals surface area contributed by atoms with Crippen molar-refractivity contribution in [1.82, 2.24) is 15.3 Å². The Morgan fingerprint density at radius 1 is 1.00 bits per heavy atom. The van der Waals surface area contributed by atoms with Crippen LogP contribution in [0.3, 0.4) is 0 Å². The third kappa shape index (κ3) is 5.89. The van der Waals surface area contributed by atoms with Gasteiger partial charge < -0.3 is 15.2 Å². The molecule has 4 aromatic rings. The first-order valence-corrected chi connectivity index (χ1v) is 11.2. The molecule has 0 spiro atoms. The minimum atomic E-state index is -0.636. The van der Waals surface area contributed by atoms with Crippen LogP contribution >= 0.6 is 22.9 Å². The van der Waals surface area contributed by atoms with E-state index >= 15 is 0 Å². The molecular weight excluding hydrogens is 430 g/mol. The Morgan fingerprint density at radius 2 is 1.81 bits per heavy atom. The highest BCUT2D eigenvalue weighted by Gasteiger charge is 2.08. The lowest BCUT2D eigenvalue weighted by atomic mass is 10.1. The van der Waals surface area contributed by atoms with Crippen molar-refractivity contribution < 1.29 is 9.84 Å². The maximum atomic E-state index is 10.1. The van der Waals surface area contributed by atoms with Gasteiger partial charge in [-0.2, -0.15) is 0 Å². The third-order valence-corrected chi connectivity index (χ3v) is 5.81. The SMILES string of the molecule is O[C@@H](CNCCOc1ccc(-c2csc(-c3ccccc3)n2)cc1)c1ccc(Cl)nc1. The largest absolute Gasteiger partial charge is 0.492 e. The number of benzene rings is 2. The van der Waals surface area contributed by atoms with Gasteiger partial charge in [0, 0.05) is 41.4 Å². The van der Waals surface area contributed by atoms with Crippen LogP contribution in [0.25, 0.3) is 21.8 Å². The van der Waals surface area contributed by atoms with Crippen molar-refractivity contribution in [3.05, 3.63) is 89.0 Å². The summed E-state index contributed by atoms with van der Waals surface area (Å²) in [6.07, 6.45) is 0.945. The van der Waals surface area contributed by atoms with Gasteiger partial charge in [0.2, 0.25) is 0 Å². The molecule has 0 fully saturated rings. The summed E-state index contributed by atoms with van der Waals surface area (Å²) in [5, 5.41) is 16.8. The molecule has 0 saturated carbocycles. The summed E-state index contributed by atoms with van der Waals surface area (Å²) in [7, 11) is 0. The molecule has 0 unspecified atom stereocenters. The second-order valence-electron chi connectivity index (χ2n) is 6.91. The average molecular weight is 452 g/mol. The molecule has 2 aromatic heterocycles. The van der Waals surface area contributed by atoms with Crippen molar-refractivity contribution in [2.24, 2.45) is 0 Å². The topological polar surface area (TPSA) is 67.3 Å². The zero-order valence-electron chi connectivity index (χ0n) is 16.7. The smallest absolute Gasteiger partial charge is 0.129 e. The molecule has 0 aliphatic carbocycles. The van der Waals surface area contributed by atoms with Gasteiger partial charge in [-0.1, -0.05) is 48.0 Å². The highest BCUT2D eigenvalue weighted by Crippen LogP contribution is 2.29. The summed E-state index contributed by atoms with van der Waals surface area (Å²) in [6.45, 7) is 1.53. The standard InChI is InChI=1S/C24H22ClN3O2S/c25-23-11-8-19(14-27-23)22(29)15-26-12-13-30-20-9-6-17(7-10-20)21-16-31-24(28-21)18-4-2-1-3-5-18/h1-11,14,16,22,26,29H,12-13,15H2/t22-/m0/s1. The van der Waals surface area contributed by atoms with Gasteiger partial charge in [0.25, 0.3) is 0 Å². The number of aromatic nitrogens is 2. The fourth-order valence-electron chi connectivity index (χ4n) is 3.02. The molecule has 0 saturated heterocycles. The van der Waals surface area contributed by atoms with Crippen LogP contribution in [0.2, 0.25) is 5.15 Å². The van der Waals surface area contributed by atoms with Crippen LogP contribution in [0.1, 0.15) is 11.7 Å². The number of rotatable bonds is 9. The van der Waals surface area contributed by atoms with E-state index in [9.17, 15) is 5.11 Å². The number of aliphatic hydroxyl groups is 1. The number of pyridine rings is 1. The van der Waals surface area contributed by atoms with Gasteiger partial charge >= 0.3 is 0 Å². The highest BCUT2D eigenvalue weighted by molar-refractivity contribution is 7.13. The normalized spacial score (nSPS) is 11.9. The molecule has 5 nitrogen and oxygen atoms in total. The predicted molar refractivity (Wildman–Crippen MR) is 126 cm³/mol. The number of ether oxygens (including phenoxy) is 1. The number of nitrogens with zero attached hydrogens (tertiary/aromatic N) is 2. The first-order valence-electron chi connectivity index (χ1n) is 9.93. The first kappa shape index (κ1) is 21.5. The van der Waals surface area contributed by atoms with Gasteiger partial charge in [0.05, 0.1) is 11.8 Å². The number of aliphatic hydroxyl groups excluding tert-OH is 1. The Bertz CT molecular complexity index is 1090. The Labute approximate surface area is 190 Å². The molecule has 1 atom stereocenters. The monoisotopic (exact) mass is 451 g/mol. The average Bonchev–Trinajstić information content (AvgIpc) is 3.30. The van der Waals surface area contributed by atoms with E-state index in [2.05, 4.69) is 27.8 Å². The summed E-state index contributed by atoms with van der Waals surface area (Å²) in [4.78, 5) is 8.72. The van der Waals surface area contributed by atoms with Crippen LogP contribution in [0.15, 0.2) is 78.3 Å². The van der Waals surface area contributed by atoms with Crippen LogP contribution in [0.4, 0.5) is 0 Å². The maximum absolute atomic E-state index is 10.1. The van der Waals surface area contributed by atoms with Crippen LogP contribution in [0, 0.1) is 0 Å². The second-order valence-corrected chi connectivity index (χ2v) is 8.16. The van der Waals surface area contributed by atoms with Crippen molar-refractivity contribution in [1.29, 1.82) is 0 Å². The molecule has 7 heteroatoms. The third-order valence-electron chi connectivity index (χ3n) is 4.70. The minimum Gasteiger partial charge on any atom is -0.492 e. The quantitative estimate of drug-likeness (QED) is 0.269. The molecule has 2 heterocycles. The van der Waals surface area contributed by atoms with Gasteiger partial charge in [-0.3, -0.25) is 0 Å². The number of nitrogens with one attached hydrogen (secondary N) is 1. The molecule has 0 radical (unpaired) electrons. The summed E-state index contributed by atoms with van der Waals surface area (Å²) in [5.41, 5.74) is 3.88.